The van der Waals surface area contributed by atoms with Crippen LogP contribution in [0, 0.1) is 18.3 Å². The number of benzene rings is 1. The minimum absolute atomic E-state index is 0.0962. The number of nitrogens with one attached hydrogen (secondary N) is 1. The Hall–Kier alpha value is -3.11. The molecular formula is C24H29N3O4. The Kier molecular flexibility index (Phi) is 6.81. The maximum atomic E-state index is 12.2. The average molecular weight is 424 g/mol. The first-order valence-corrected chi connectivity index (χ1v) is 10.5. The highest BCUT2D eigenvalue weighted by molar-refractivity contribution is 5.70. The van der Waals surface area contributed by atoms with Crippen molar-refractivity contribution in [3.63, 3.8) is 0 Å². The molecule has 1 aliphatic heterocycles. The van der Waals surface area contributed by atoms with E-state index in [-0.39, 0.29) is 23.3 Å². The Morgan fingerprint density at radius 1 is 1.23 bits per heavy atom. The number of piperidine rings is 1. The molecule has 7 nitrogen and oxygen atoms in total. The second-order valence-electron chi connectivity index (χ2n) is 8.86. The Balaban J connectivity index is 1.55. The van der Waals surface area contributed by atoms with Crippen LogP contribution in [0.1, 0.15) is 50.4 Å². The molecule has 0 aliphatic carbocycles. The van der Waals surface area contributed by atoms with Gasteiger partial charge in [0.05, 0.1) is 12.7 Å². The number of rotatable bonds is 4. The molecule has 31 heavy (non-hydrogen) atoms. The van der Waals surface area contributed by atoms with Crippen LogP contribution in [0.25, 0.3) is 11.1 Å². The molecule has 1 fully saturated rings. The normalized spacial score (nSPS) is 14.9. The molecule has 0 atom stereocenters. The number of nitriles is 1. The van der Waals surface area contributed by atoms with E-state index in [1.807, 2.05) is 57.2 Å². The summed E-state index contributed by atoms with van der Waals surface area (Å²) in [6, 6.07) is 11.5. The van der Waals surface area contributed by atoms with Crippen LogP contribution < -0.4 is 5.56 Å². The van der Waals surface area contributed by atoms with Gasteiger partial charge in [-0.3, -0.25) is 4.79 Å². The van der Waals surface area contributed by atoms with Crippen molar-refractivity contribution in [3.8, 4) is 17.2 Å². The maximum Gasteiger partial charge on any atom is 0.410 e. The molecule has 164 valence electrons. The second kappa shape index (κ2) is 9.36. The standard InChI is InChI=1S/C24H29N3O4/c1-16-13-20(21(14-25)22(28)26-16)18-7-5-17(6-8-18)15-30-19-9-11-27(12-10-19)23(29)31-24(2,3)4/h5-8,13,19H,9-12,15H2,1-4H3,(H,26,28). The van der Waals surface area contributed by atoms with Crippen molar-refractivity contribution in [1.29, 1.82) is 5.26 Å². The van der Waals surface area contributed by atoms with Crippen molar-refractivity contribution in [1.82, 2.24) is 9.88 Å². The zero-order valence-electron chi connectivity index (χ0n) is 18.5. The summed E-state index contributed by atoms with van der Waals surface area (Å²) in [4.78, 5) is 28.6. The van der Waals surface area contributed by atoms with E-state index in [9.17, 15) is 14.9 Å². The lowest BCUT2D eigenvalue weighted by Gasteiger charge is -2.33. The summed E-state index contributed by atoms with van der Waals surface area (Å²) in [6.07, 6.45) is 1.37. The highest BCUT2D eigenvalue weighted by atomic mass is 16.6. The van der Waals surface area contributed by atoms with E-state index in [2.05, 4.69) is 4.98 Å². The van der Waals surface area contributed by atoms with E-state index in [4.69, 9.17) is 9.47 Å². The molecule has 1 saturated heterocycles. The number of H-pyrrole nitrogens is 1. The number of nitrogens with zero attached hydrogens (tertiary/aromatic N) is 2. The van der Waals surface area contributed by atoms with Crippen LogP contribution in [-0.2, 0) is 16.1 Å². The molecule has 3 rings (SSSR count). The van der Waals surface area contributed by atoms with Crippen LogP contribution in [0.3, 0.4) is 0 Å². The van der Waals surface area contributed by atoms with E-state index in [1.165, 1.54) is 0 Å². The Morgan fingerprint density at radius 3 is 2.45 bits per heavy atom. The van der Waals surface area contributed by atoms with E-state index in [1.54, 1.807) is 11.8 Å². The summed E-state index contributed by atoms with van der Waals surface area (Å²) in [5.74, 6) is 0. The number of ether oxygens (including phenoxy) is 2. The van der Waals surface area contributed by atoms with Crippen molar-refractivity contribution >= 4 is 6.09 Å². The Morgan fingerprint density at radius 2 is 1.87 bits per heavy atom. The van der Waals surface area contributed by atoms with Gasteiger partial charge in [0.25, 0.3) is 5.56 Å². The van der Waals surface area contributed by atoms with Crippen LogP contribution >= 0.6 is 0 Å². The lowest BCUT2D eigenvalue weighted by molar-refractivity contribution is -0.0170. The first-order chi connectivity index (χ1) is 14.7. The zero-order chi connectivity index (χ0) is 22.6. The number of likely N-dealkylation sites (tertiary alicyclic amines) is 1. The monoisotopic (exact) mass is 423 g/mol. The van der Waals surface area contributed by atoms with E-state index in [0.717, 1.165) is 24.0 Å². The zero-order valence-corrected chi connectivity index (χ0v) is 18.5. The predicted molar refractivity (Wildman–Crippen MR) is 118 cm³/mol. The van der Waals surface area contributed by atoms with Gasteiger partial charge < -0.3 is 19.4 Å². The first kappa shape index (κ1) is 22.6. The van der Waals surface area contributed by atoms with Gasteiger partial charge in [0.15, 0.2) is 0 Å². The number of carbonyl (C=O) groups is 1. The number of aryl methyl sites for hydroxylation is 1. The average Bonchev–Trinajstić information content (AvgIpc) is 2.71. The fraction of sp³-hybridized carbons (Fsp3) is 0.458. The van der Waals surface area contributed by atoms with Crippen LogP contribution in [0.15, 0.2) is 35.1 Å². The number of hydrogen-bond donors (Lipinski definition) is 1. The summed E-state index contributed by atoms with van der Waals surface area (Å²) >= 11 is 0. The van der Waals surface area contributed by atoms with Crippen molar-refractivity contribution in [3.05, 3.63) is 57.5 Å². The second-order valence-corrected chi connectivity index (χ2v) is 8.86. The van der Waals surface area contributed by atoms with Gasteiger partial charge in [0, 0.05) is 24.3 Å². The van der Waals surface area contributed by atoms with Gasteiger partial charge in [0.2, 0.25) is 0 Å². The number of amides is 1. The molecule has 1 N–H and O–H groups in total. The summed E-state index contributed by atoms with van der Waals surface area (Å²) in [5.41, 5.74) is 2.43. The number of pyridine rings is 1. The summed E-state index contributed by atoms with van der Waals surface area (Å²) in [7, 11) is 0. The molecule has 0 radical (unpaired) electrons. The van der Waals surface area contributed by atoms with E-state index in [0.29, 0.717) is 31.0 Å². The van der Waals surface area contributed by atoms with Gasteiger partial charge in [-0.2, -0.15) is 5.26 Å². The molecule has 0 saturated carbocycles. The topological polar surface area (TPSA) is 95.4 Å². The quantitative estimate of drug-likeness (QED) is 0.797. The lowest BCUT2D eigenvalue weighted by Crippen LogP contribution is -2.43. The first-order valence-electron chi connectivity index (χ1n) is 10.5. The van der Waals surface area contributed by atoms with Crippen molar-refractivity contribution in [2.24, 2.45) is 0 Å². The number of carbonyl (C=O) groups excluding carboxylic acids is 1. The van der Waals surface area contributed by atoms with Crippen molar-refractivity contribution in [2.75, 3.05) is 13.1 Å². The largest absolute Gasteiger partial charge is 0.444 e. The predicted octanol–water partition coefficient (Wildman–Crippen LogP) is 4.14. The minimum Gasteiger partial charge on any atom is -0.444 e. The summed E-state index contributed by atoms with van der Waals surface area (Å²) < 4.78 is 11.5. The fourth-order valence-electron chi connectivity index (χ4n) is 3.55. The molecule has 7 heteroatoms. The smallest absolute Gasteiger partial charge is 0.410 e. The van der Waals surface area contributed by atoms with Crippen LogP contribution in [0.4, 0.5) is 4.79 Å². The van der Waals surface area contributed by atoms with Gasteiger partial charge in [0.1, 0.15) is 17.2 Å². The van der Waals surface area contributed by atoms with Crippen molar-refractivity contribution < 1.29 is 14.3 Å². The molecule has 1 aromatic carbocycles. The fourth-order valence-corrected chi connectivity index (χ4v) is 3.55. The maximum absolute atomic E-state index is 12.2. The molecular weight excluding hydrogens is 394 g/mol. The third kappa shape index (κ3) is 5.96. The Labute approximate surface area is 182 Å². The molecule has 1 amide bonds. The lowest BCUT2D eigenvalue weighted by atomic mass is 10.00. The van der Waals surface area contributed by atoms with Crippen LogP contribution in [0.2, 0.25) is 0 Å². The van der Waals surface area contributed by atoms with Gasteiger partial charge in [-0.05, 0) is 57.7 Å². The van der Waals surface area contributed by atoms with E-state index < -0.39 is 5.60 Å². The van der Waals surface area contributed by atoms with Gasteiger partial charge >= 0.3 is 6.09 Å². The molecule has 0 unspecified atom stereocenters. The molecule has 0 spiro atoms. The van der Waals surface area contributed by atoms with Crippen molar-refractivity contribution in [2.45, 2.75) is 58.8 Å². The molecule has 0 bridgehead atoms. The van der Waals surface area contributed by atoms with E-state index >= 15 is 0 Å². The van der Waals surface area contributed by atoms with Gasteiger partial charge in [-0.1, -0.05) is 24.3 Å². The highest BCUT2D eigenvalue weighted by Gasteiger charge is 2.27. The molecule has 2 aromatic rings. The minimum atomic E-state index is -0.490. The highest BCUT2D eigenvalue weighted by Crippen LogP contribution is 2.23. The molecule has 2 heterocycles. The Bertz CT molecular complexity index is 1020. The van der Waals surface area contributed by atoms with Crippen LogP contribution in [-0.4, -0.2) is 40.8 Å². The van der Waals surface area contributed by atoms with Crippen LogP contribution in [0.5, 0.6) is 0 Å². The third-order valence-electron chi connectivity index (χ3n) is 5.12. The number of aromatic amines is 1. The number of hydrogen-bond acceptors (Lipinski definition) is 5. The third-order valence-corrected chi connectivity index (χ3v) is 5.12. The summed E-state index contributed by atoms with van der Waals surface area (Å²) in [5, 5.41) is 9.32. The SMILES string of the molecule is Cc1cc(-c2ccc(COC3CCN(C(=O)OC(C)(C)C)CC3)cc2)c(C#N)c(=O)[nH]1. The van der Waals surface area contributed by atoms with Gasteiger partial charge in [-0.25, -0.2) is 4.79 Å². The number of aromatic nitrogens is 1. The molecule has 1 aliphatic rings. The molecule has 1 aromatic heterocycles. The van der Waals surface area contributed by atoms with Gasteiger partial charge in [-0.15, -0.1) is 0 Å². The summed E-state index contributed by atoms with van der Waals surface area (Å²) in [6.45, 7) is 9.10.